The Hall–Kier alpha value is -2.60. The molecule has 2 heterocycles. The van der Waals surface area contributed by atoms with Gasteiger partial charge < -0.3 is 15.6 Å². The maximum atomic E-state index is 12.5. The molecule has 0 aliphatic carbocycles. The van der Waals surface area contributed by atoms with Crippen LogP contribution in [0.25, 0.3) is 10.6 Å². The highest BCUT2D eigenvalue weighted by atomic mass is 32.1. The average Bonchev–Trinajstić information content (AvgIpc) is 3.12. The number of carbonyl (C=O) groups excluding carboxylic acids is 1. The normalized spacial score (nSPS) is 10.7. The van der Waals surface area contributed by atoms with Crippen LogP contribution >= 0.6 is 11.3 Å². The zero-order chi connectivity index (χ0) is 16.4. The highest BCUT2D eigenvalue weighted by Gasteiger charge is 2.23. The lowest BCUT2D eigenvalue weighted by Gasteiger charge is -2.07. The van der Waals surface area contributed by atoms with Crippen LogP contribution in [0.4, 0.5) is 5.88 Å². The van der Waals surface area contributed by atoms with E-state index >= 15 is 0 Å². The Kier molecular flexibility index (Phi) is 4.16. The molecule has 2 aromatic heterocycles. The summed E-state index contributed by atoms with van der Waals surface area (Å²) in [5.41, 5.74) is 8.77. The van der Waals surface area contributed by atoms with Crippen LogP contribution in [-0.2, 0) is 6.54 Å². The Morgan fingerprint density at radius 2 is 2.04 bits per heavy atom. The van der Waals surface area contributed by atoms with E-state index in [4.69, 9.17) is 10.3 Å². The molecule has 6 heteroatoms. The van der Waals surface area contributed by atoms with E-state index in [0.29, 0.717) is 17.8 Å². The number of nitrogens with zero attached hydrogens (tertiary/aromatic N) is 1. The van der Waals surface area contributed by atoms with Gasteiger partial charge in [0.05, 0.1) is 4.88 Å². The molecule has 118 valence electrons. The number of carbonyl (C=O) groups is 1. The molecule has 0 spiro atoms. The fraction of sp³-hybridized carbons (Fsp3) is 0.176. The van der Waals surface area contributed by atoms with Crippen LogP contribution in [0.2, 0.25) is 0 Å². The van der Waals surface area contributed by atoms with Gasteiger partial charge >= 0.3 is 0 Å². The first-order valence-electron chi connectivity index (χ1n) is 7.21. The molecule has 0 saturated heterocycles. The van der Waals surface area contributed by atoms with Crippen LogP contribution in [0.15, 0.2) is 40.9 Å². The number of hydrogen-bond donors (Lipinski definition) is 2. The van der Waals surface area contributed by atoms with Crippen LogP contribution in [-0.4, -0.2) is 11.1 Å². The van der Waals surface area contributed by atoms with Gasteiger partial charge in [-0.3, -0.25) is 4.79 Å². The fourth-order valence-corrected chi connectivity index (χ4v) is 3.18. The maximum absolute atomic E-state index is 12.5. The molecule has 3 N–H and O–H groups in total. The molecular formula is C17H17N3O2S. The van der Waals surface area contributed by atoms with Crippen LogP contribution in [0.5, 0.6) is 0 Å². The van der Waals surface area contributed by atoms with Crippen molar-refractivity contribution in [2.75, 3.05) is 5.73 Å². The molecule has 0 unspecified atom stereocenters. The summed E-state index contributed by atoms with van der Waals surface area (Å²) in [4.78, 5) is 14.5. The molecule has 3 rings (SSSR count). The minimum absolute atomic E-state index is 0.0355. The highest BCUT2D eigenvalue weighted by molar-refractivity contribution is 7.15. The lowest BCUT2D eigenvalue weighted by molar-refractivity contribution is 0.0952. The molecule has 5 nitrogen and oxygen atoms in total. The zero-order valence-corrected chi connectivity index (χ0v) is 13.7. The standard InChI is InChI=1S/C17H17N3O2S/c1-10-5-3-4-6-12(10)9-19-17(21)14-15(20-22-16(14)18)13-8-7-11(2)23-13/h3-8H,9,18H2,1-2H3,(H,19,21). The van der Waals surface area contributed by atoms with Crippen molar-refractivity contribution in [3.63, 3.8) is 0 Å². The third kappa shape index (κ3) is 3.12. The van der Waals surface area contributed by atoms with Crippen molar-refractivity contribution in [3.8, 4) is 10.6 Å². The van der Waals surface area contributed by atoms with Gasteiger partial charge in [0.25, 0.3) is 5.91 Å². The summed E-state index contributed by atoms with van der Waals surface area (Å²) in [6.45, 7) is 4.43. The number of benzene rings is 1. The summed E-state index contributed by atoms with van der Waals surface area (Å²) in [6.07, 6.45) is 0. The van der Waals surface area contributed by atoms with E-state index in [2.05, 4.69) is 10.5 Å². The van der Waals surface area contributed by atoms with E-state index in [1.807, 2.05) is 50.2 Å². The molecule has 1 amide bonds. The number of thiophene rings is 1. The Bertz CT molecular complexity index is 851. The second-order valence-corrected chi connectivity index (χ2v) is 6.58. The van der Waals surface area contributed by atoms with E-state index in [9.17, 15) is 4.79 Å². The predicted molar refractivity (Wildman–Crippen MR) is 91.3 cm³/mol. The largest absolute Gasteiger partial charge is 0.367 e. The molecule has 0 atom stereocenters. The smallest absolute Gasteiger partial charge is 0.259 e. The zero-order valence-electron chi connectivity index (χ0n) is 12.9. The van der Waals surface area contributed by atoms with Gasteiger partial charge in [0, 0.05) is 11.4 Å². The average molecular weight is 327 g/mol. The molecule has 0 bridgehead atoms. The molecular weight excluding hydrogens is 310 g/mol. The van der Waals surface area contributed by atoms with E-state index < -0.39 is 0 Å². The first-order valence-corrected chi connectivity index (χ1v) is 8.02. The van der Waals surface area contributed by atoms with Crippen LogP contribution in [0.1, 0.15) is 26.4 Å². The number of aryl methyl sites for hydroxylation is 2. The van der Waals surface area contributed by atoms with Gasteiger partial charge in [-0.1, -0.05) is 29.4 Å². The third-order valence-electron chi connectivity index (χ3n) is 3.62. The lowest BCUT2D eigenvalue weighted by atomic mass is 10.1. The van der Waals surface area contributed by atoms with Gasteiger partial charge in [-0.15, -0.1) is 11.3 Å². The van der Waals surface area contributed by atoms with Gasteiger partial charge in [-0.2, -0.15) is 0 Å². The molecule has 0 radical (unpaired) electrons. The number of nitrogens with one attached hydrogen (secondary N) is 1. The van der Waals surface area contributed by atoms with Gasteiger partial charge in [-0.25, -0.2) is 0 Å². The second-order valence-electron chi connectivity index (χ2n) is 5.29. The van der Waals surface area contributed by atoms with Gasteiger partial charge in [-0.05, 0) is 37.1 Å². The molecule has 23 heavy (non-hydrogen) atoms. The molecule has 0 saturated carbocycles. The lowest BCUT2D eigenvalue weighted by Crippen LogP contribution is -2.24. The first kappa shape index (κ1) is 15.3. The van der Waals surface area contributed by atoms with Crippen molar-refractivity contribution in [1.82, 2.24) is 10.5 Å². The van der Waals surface area contributed by atoms with E-state index in [0.717, 1.165) is 20.9 Å². The Labute approximate surface area is 138 Å². The number of rotatable bonds is 4. The molecule has 0 fully saturated rings. The minimum atomic E-state index is -0.284. The molecule has 0 aliphatic rings. The summed E-state index contributed by atoms with van der Waals surface area (Å²) in [5, 5.41) is 6.83. The highest BCUT2D eigenvalue weighted by Crippen LogP contribution is 2.32. The van der Waals surface area contributed by atoms with Gasteiger partial charge in [0.15, 0.2) is 0 Å². The number of anilines is 1. The minimum Gasteiger partial charge on any atom is -0.367 e. The quantitative estimate of drug-likeness (QED) is 0.768. The van der Waals surface area contributed by atoms with Crippen LogP contribution < -0.4 is 11.1 Å². The Morgan fingerprint density at radius 3 is 2.74 bits per heavy atom. The summed E-state index contributed by atoms with van der Waals surface area (Å²) >= 11 is 1.54. The number of hydrogen-bond acceptors (Lipinski definition) is 5. The fourth-order valence-electron chi connectivity index (χ4n) is 2.32. The number of aromatic nitrogens is 1. The van der Waals surface area contributed by atoms with Crippen molar-refractivity contribution in [2.24, 2.45) is 0 Å². The van der Waals surface area contributed by atoms with E-state index in [-0.39, 0.29) is 11.8 Å². The van der Waals surface area contributed by atoms with Crippen molar-refractivity contribution in [1.29, 1.82) is 0 Å². The summed E-state index contributed by atoms with van der Waals surface area (Å²) in [5.74, 6) is -0.249. The van der Waals surface area contributed by atoms with Crippen molar-refractivity contribution in [2.45, 2.75) is 20.4 Å². The number of nitrogen functional groups attached to an aromatic ring is 1. The summed E-state index contributed by atoms with van der Waals surface area (Å²) in [7, 11) is 0. The maximum Gasteiger partial charge on any atom is 0.259 e. The van der Waals surface area contributed by atoms with E-state index in [1.165, 1.54) is 0 Å². The Morgan fingerprint density at radius 1 is 1.26 bits per heavy atom. The first-order chi connectivity index (χ1) is 11.1. The van der Waals surface area contributed by atoms with Gasteiger partial charge in [0.1, 0.15) is 11.3 Å². The predicted octanol–water partition coefficient (Wildman–Crippen LogP) is 3.53. The van der Waals surface area contributed by atoms with Crippen molar-refractivity contribution < 1.29 is 9.32 Å². The Balaban J connectivity index is 1.83. The monoisotopic (exact) mass is 327 g/mol. The molecule has 1 aromatic carbocycles. The number of amides is 1. The summed E-state index contributed by atoms with van der Waals surface area (Å²) < 4.78 is 5.03. The van der Waals surface area contributed by atoms with Gasteiger partial charge in [0.2, 0.25) is 5.88 Å². The SMILES string of the molecule is Cc1ccc(-c2noc(N)c2C(=O)NCc2ccccc2C)s1. The third-order valence-corrected chi connectivity index (χ3v) is 4.63. The molecule has 0 aliphatic heterocycles. The summed E-state index contributed by atoms with van der Waals surface area (Å²) in [6, 6.07) is 11.8. The molecule has 3 aromatic rings. The van der Waals surface area contributed by atoms with Crippen molar-refractivity contribution in [3.05, 3.63) is 58.0 Å². The number of nitrogens with two attached hydrogens (primary N) is 1. The van der Waals surface area contributed by atoms with E-state index in [1.54, 1.807) is 11.3 Å². The van der Waals surface area contributed by atoms with Crippen molar-refractivity contribution >= 4 is 23.1 Å². The second kappa shape index (κ2) is 6.26. The van der Waals surface area contributed by atoms with Crippen LogP contribution in [0.3, 0.4) is 0 Å². The topological polar surface area (TPSA) is 81.2 Å². The van der Waals surface area contributed by atoms with Crippen LogP contribution in [0, 0.1) is 13.8 Å².